The monoisotopic (exact) mass is 496 g/mol. The van der Waals surface area contributed by atoms with Gasteiger partial charge < -0.3 is 15.0 Å². The van der Waals surface area contributed by atoms with Gasteiger partial charge in [0.2, 0.25) is 0 Å². The molecule has 0 amide bonds. The van der Waals surface area contributed by atoms with Gasteiger partial charge in [0.15, 0.2) is 0 Å². The van der Waals surface area contributed by atoms with E-state index in [9.17, 15) is 9.30 Å². The molecule has 196 valence electrons. The third-order valence-electron chi connectivity index (χ3n) is 7.60. The minimum absolute atomic E-state index is 0.177. The van der Waals surface area contributed by atoms with Crippen molar-refractivity contribution < 1.29 is 9.13 Å². The maximum Gasteiger partial charge on any atom is 0.117 e. The number of piperazine rings is 1. The van der Waals surface area contributed by atoms with Crippen LogP contribution in [0.2, 0.25) is 0 Å². The molecule has 1 saturated heterocycles. The van der Waals surface area contributed by atoms with E-state index in [-0.39, 0.29) is 11.1 Å². The second-order valence-corrected chi connectivity index (χ2v) is 11.2. The molecule has 1 aliphatic heterocycles. The lowest BCUT2D eigenvalue weighted by atomic mass is 9.87. The van der Waals surface area contributed by atoms with Crippen molar-refractivity contribution in [1.29, 1.82) is 0 Å². The summed E-state index contributed by atoms with van der Waals surface area (Å²) in [4.78, 5) is 15.8. The Labute approximate surface area is 215 Å². The Morgan fingerprint density at radius 1 is 1.00 bits per heavy atom. The summed E-state index contributed by atoms with van der Waals surface area (Å²) in [6.07, 6.45) is 4.42. The molecule has 0 unspecified atom stereocenters. The zero-order chi connectivity index (χ0) is 25.5. The number of halogens is 1. The van der Waals surface area contributed by atoms with Gasteiger partial charge in [-0.2, -0.15) is 0 Å². The summed E-state index contributed by atoms with van der Waals surface area (Å²) in [5, 5.41) is 6.37. The van der Waals surface area contributed by atoms with Gasteiger partial charge in [-0.05, 0) is 72.2 Å². The molecule has 7 heteroatoms. The predicted molar refractivity (Wildman–Crippen MR) is 146 cm³/mol. The van der Waals surface area contributed by atoms with Gasteiger partial charge in [-0.3, -0.25) is 4.90 Å². The van der Waals surface area contributed by atoms with Gasteiger partial charge in [-0.25, -0.2) is 4.39 Å². The average Bonchev–Trinajstić information content (AvgIpc) is 2.89. The molecule has 2 aromatic rings. The lowest BCUT2D eigenvalue weighted by Crippen LogP contribution is -2.47. The first-order chi connectivity index (χ1) is 17.4. The fourth-order valence-corrected chi connectivity index (χ4v) is 5.23. The van der Waals surface area contributed by atoms with Crippen LogP contribution < -0.4 is 10.2 Å². The van der Waals surface area contributed by atoms with E-state index in [2.05, 4.69) is 65.3 Å². The fourth-order valence-electron chi connectivity index (χ4n) is 5.23. The Kier molecular flexibility index (Phi) is 8.96. The maximum atomic E-state index is 13.1. The third-order valence-corrected chi connectivity index (χ3v) is 7.60. The molecule has 2 aromatic carbocycles. The highest BCUT2D eigenvalue weighted by atomic mass is 19.1. The fraction of sp³-hybridized carbons (Fsp3) is 0.586. The Balaban J connectivity index is 1.12. The number of ether oxygens (including phenoxy) is 1. The van der Waals surface area contributed by atoms with Gasteiger partial charge in [-0.15, -0.1) is 4.91 Å². The number of alkyl halides is 1. The van der Waals surface area contributed by atoms with Crippen LogP contribution in [0.15, 0.2) is 47.6 Å². The van der Waals surface area contributed by atoms with Crippen LogP contribution in [0.1, 0.15) is 57.6 Å². The van der Waals surface area contributed by atoms with Crippen LogP contribution >= 0.6 is 0 Å². The number of rotatable bonds is 9. The lowest BCUT2D eigenvalue weighted by Gasteiger charge is -2.36. The van der Waals surface area contributed by atoms with E-state index in [4.69, 9.17) is 4.74 Å². The van der Waals surface area contributed by atoms with E-state index in [1.165, 1.54) is 11.3 Å². The zero-order valence-corrected chi connectivity index (χ0v) is 22.0. The minimum Gasteiger partial charge on any atom is -0.382 e. The number of benzene rings is 2. The number of anilines is 2. The van der Waals surface area contributed by atoms with Crippen molar-refractivity contribution in [3.63, 3.8) is 0 Å². The number of nitrogens with zero attached hydrogens (tertiary/aromatic N) is 3. The van der Waals surface area contributed by atoms with E-state index < -0.39 is 6.67 Å². The average molecular weight is 497 g/mol. The van der Waals surface area contributed by atoms with E-state index >= 15 is 0 Å². The molecule has 2 fully saturated rings. The van der Waals surface area contributed by atoms with Crippen LogP contribution in [-0.2, 0) is 16.8 Å². The van der Waals surface area contributed by atoms with E-state index in [0.29, 0.717) is 17.7 Å². The minimum atomic E-state index is -0.684. The molecule has 1 saturated carbocycles. The van der Waals surface area contributed by atoms with Crippen LogP contribution in [0.3, 0.4) is 0 Å². The molecule has 0 aromatic heterocycles. The largest absolute Gasteiger partial charge is 0.382 e. The van der Waals surface area contributed by atoms with Gasteiger partial charge in [0, 0.05) is 55.7 Å². The molecule has 0 bridgehead atoms. The topological polar surface area (TPSA) is 57.2 Å². The molecule has 0 atom stereocenters. The maximum absolute atomic E-state index is 13.1. The first-order valence-corrected chi connectivity index (χ1v) is 13.3. The van der Waals surface area contributed by atoms with Gasteiger partial charge in [0.25, 0.3) is 0 Å². The molecule has 36 heavy (non-hydrogen) atoms. The summed E-state index contributed by atoms with van der Waals surface area (Å²) in [5.74, 6) is 0. The third kappa shape index (κ3) is 7.04. The SMILES string of the molecule is CC(C)(C)c1ccc(N2CCN(CCOC3CCC(Nc4ccc(N=O)c(CF)c4)CC3)CC2)cc1. The van der Waals surface area contributed by atoms with Crippen LogP contribution in [0.4, 0.5) is 21.5 Å². The molecule has 1 heterocycles. The standard InChI is InChI=1S/C29H41FN4O2/c1-29(2,3)23-4-9-26(10-5-23)34-16-14-33(15-17-34)18-19-36-27-11-6-24(7-12-27)31-25-8-13-28(32-35)22(20-25)21-30/h4-5,8-10,13,20,24,27,31H,6-7,11-12,14-19,21H2,1-3H3. The molecule has 0 radical (unpaired) electrons. The summed E-state index contributed by atoms with van der Waals surface area (Å²) in [5.41, 5.74) is 4.26. The molecular weight excluding hydrogens is 455 g/mol. The highest BCUT2D eigenvalue weighted by Gasteiger charge is 2.23. The number of hydrogen-bond acceptors (Lipinski definition) is 6. The molecule has 0 spiro atoms. The lowest BCUT2D eigenvalue weighted by molar-refractivity contribution is 0.0139. The summed E-state index contributed by atoms with van der Waals surface area (Å²) < 4.78 is 19.4. The van der Waals surface area contributed by atoms with Gasteiger partial charge >= 0.3 is 0 Å². The van der Waals surface area contributed by atoms with Crippen molar-refractivity contribution in [2.24, 2.45) is 5.18 Å². The first kappa shape index (κ1) is 26.6. The van der Waals surface area contributed by atoms with Gasteiger partial charge in [0.05, 0.1) is 12.7 Å². The van der Waals surface area contributed by atoms with Gasteiger partial charge in [-0.1, -0.05) is 32.9 Å². The summed E-state index contributed by atoms with van der Waals surface area (Å²) in [6, 6.07) is 14.5. The molecule has 6 nitrogen and oxygen atoms in total. The van der Waals surface area contributed by atoms with Crippen molar-refractivity contribution in [2.45, 2.75) is 70.7 Å². The number of nitrogens with one attached hydrogen (secondary N) is 1. The van der Waals surface area contributed by atoms with E-state index in [1.54, 1.807) is 18.2 Å². The van der Waals surface area contributed by atoms with Crippen LogP contribution in [0.5, 0.6) is 0 Å². The summed E-state index contributed by atoms with van der Waals surface area (Å²) >= 11 is 0. The Hall–Kier alpha value is -2.51. The van der Waals surface area contributed by atoms with Crippen molar-refractivity contribution in [2.75, 3.05) is 49.5 Å². The van der Waals surface area contributed by atoms with Crippen molar-refractivity contribution in [3.8, 4) is 0 Å². The molecule has 2 aliphatic rings. The van der Waals surface area contributed by atoms with Crippen molar-refractivity contribution >= 4 is 17.1 Å². The highest BCUT2D eigenvalue weighted by Crippen LogP contribution is 2.28. The van der Waals surface area contributed by atoms with Crippen molar-refractivity contribution in [1.82, 2.24) is 4.90 Å². The first-order valence-electron chi connectivity index (χ1n) is 13.3. The molecule has 1 aliphatic carbocycles. The van der Waals surface area contributed by atoms with Crippen LogP contribution in [0.25, 0.3) is 0 Å². The number of nitroso groups, excluding NO2 is 1. The van der Waals surface area contributed by atoms with E-state index in [1.807, 2.05) is 0 Å². The van der Waals surface area contributed by atoms with Crippen LogP contribution in [-0.4, -0.2) is 56.4 Å². The normalized spacial score (nSPS) is 21.4. The number of hydrogen-bond donors (Lipinski definition) is 1. The summed E-state index contributed by atoms with van der Waals surface area (Å²) in [7, 11) is 0. The molecule has 1 N–H and O–H groups in total. The van der Waals surface area contributed by atoms with Gasteiger partial charge in [0.1, 0.15) is 12.4 Å². The molecular formula is C29H41FN4O2. The van der Waals surface area contributed by atoms with Crippen LogP contribution in [0, 0.1) is 4.91 Å². The van der Waals surface area contributed by atoms with E-state index in [0.717, 1.165) is 70.7 Å². The summed E-state index contributed by atoms with van der Waals surface area (Å²) in [6.45, 7) is 12.1. The Bertz CT molecular complexity index is 976. The molecule has 4 rings (SSSR count). The Morgan fingerprint density at radius 2 is 1.69 bits per heavy atom. The van der Waals surface area contributed by atoms with Crippen molar-refractivity contribution in [3.05, 3.63) is 58.5 Å². The highest BCUT2D eigenvalue weighted by molar-refractivity contribution is 5.57. The Morgan fingerprint density at radius 3 is 2.31 bits per heavy atom. The second kappa shape index (κ2) is 12.2. The zero-order valence-electron chi connectivity index (χ0n) is 22.0. The quantitative estimate of drug-likeness (QED) is 0.406. The second-order valence-electron chi connectivity index (χ2n) is 11.2. The predicted octanol–water partition coefficient (Wildman–Crippen LogP) is 6.41. The smallest absolute Gasteiger partial charge is 0.117 e.